The van der Waals surface area contributed by atoms with Crippen molar-refractivity contribution in [3.05, 3.63) is 56.6 Å². The number of nitrogens with one attached hydrogen (secondary N) is 1. The average molecular weight is 512 g/mol. The van der Waals surface area contributed by atoms with Gasteiger partial charge in [-0.1, -0.05) is 12.1 Å². The summed E-state index contributed by atoms with van der Waals surface area (Å²) in [5, 5.41) is 2.20. The Morgan fingerprint density at radius 2 is 1.76 bits per heavy atom. The van der Waals surface area contributed by atoms with Gasteiger partial charge in [0, 0.05) is 14.3 Å². The van der Waals surface area contributed by atoms with Gasteiger partial charge in [-0.2, -0.15) is 0 Å². The molecule has 1 aliphatic heterocycles. The van der Waals surface area contributed by atoms with Crippen molar-refractivity contribution in [1.29, 1.82) is 0 Å². The number of hydrogen-bond donors (Lipinski definition) is 1. The quantitative estimate of drug-likeness (QED) is 0.388. The number of imide groups is 2. The number of aliphatic imine (C=N–C) groups is 1. The highest BCUT2D eigenvalue weighted by Crippen LogP contribution is 2.25. The van der Waals surface area contributed by atoms with Gasteiger partial charge in [-0.05, 0) is 74.9 Å². The predicted octanol–water partition coefficient (Wildman–Crippen LogP) is 3.66. The third kappa shape index (κ3) is 3.79. The molecule has 0 unspecified atom stereocenters. The van der Waals surface area contributed by atoms with E-state index in [1.165, 1.54) is 6.21 Å². The number of halogens is 2. The molecule has 3 rings (SSSR count). The van der Waals surface area contributed by atoms with Crippen molar-refractivity contribution in [2.24, 2.45) is 10.9 Å². The number of amides is 4. The van der Waals surface area contributed by atoms with Crippen molar-refractivity contribution in [1.82, 2.24) is 5.32 Å². The monoisotopic (exact) mass is 511 g/mol. The fraction of sp³-hybridized carbons (Fsp3) is 0.0588. The number of benzene rings is 2. The highest BCUT2D eigenvalue weighted by atomic mass is 127. The molecule has 1 N–H and O–H groups in total. The topological polar surface area (TPSA) is 78.8 Å². The van der Waals surface area contributed by atoms with Gasteiger partial charge in [0.15, 0.2) is 5.92 Å². The summed E-state index contributed by atoms with van der Waals surface area (Å²) in [7, 11) is 0. The Balaban J connectivity index is 1.90. The van der Waals surface area contributed by atoms with E-state index in [9.17, 15) is 14.4 Å². The Kier molecular flexibility index (Phi) is 5.28. The maximum atomic E-state index is 12.7. The SMILES string of the molecule is O=C1NC(=O)N(c2ccc(I)cc2)C(=O)[C@H]1C=Nc1ccccc1Br. The smallest absolute Gasteiger partial charge is 0.276 e. The van der Waals surface area contributed by atoms with Crippen LogP contribution in [0.2, 0.25) is 0 Å². The molecule has 4 amide bonds. The van der Waals surface area contributed by atoms with Crippen molar-refractivity contribution in [2.75, 3.05) is 4.90 Å². The number of rotatable bonds is 3. The molecule has 1 saturated heterocycles. The van der Waals surface area contributed by atoms with Crippen LogP contribution in [0.15, 0.2) is 58.0 Å². The summed E-state index contributed by atoms with van der Waals surface area (Å²) < 4.78 is 1.70. The van der Waals surface area contributed by atoms with Gasteiger partial charge in [-0.15, -0.1) is 0 Å². The molecular formula is C17H11BrIN3O3. The van der Waals surface area contributed by atoms with Gasteiger partial charge >= 0.3 is 6.03 Å². The van der Waals surface area contributed by atoms with Crippen LogP contribution in [0, 0.1) is 9.49 Å². The molecule has 2 aromatic rings. The van der Waals surface area contributed by atoms with Crippen LogP contribution in [0.3, 0.4) is 0 Å². The van der Waals surface area contributed by atoms with Crippen molar-refractivity contribution >= 4 is 74.0 Å². The number of carbonyl (C=O) groups is 3. The van der Waals surface area contributed by atoms with E-state index in [1.54, 1.807) is 42.5 Å². The van der Waals surface area contributed by atoms with E-state index < -0.39 is 23.8 Å². The van der Waals surface area contributed by atoms with Crippen molar-refractivity contribution in [2.45, 2.75) is 0 Å². The largest absolute Gasteiger partial charge is 0.335 e. The van der Waals surface area contributed by atoms with E-state index in [4.69, 9.17) is 0 Å². The van der Waals surface area contributed by atoms with E-state index >= 15 is 0 Å². The zero-order chi connectivity index (χ0) is 18.0. The number of hydrogen-bond acceptors (Lipinski definition) is 4. The molecule has 1 atom stereocenters. The highest BCUT2D eigenvalue weighted by molar-refractivity contribution is 14.1. The molecule has 25 heavy (non-hydrogen) atoms. The van der Waals surface area contributed by atoms with Gasteiger partial charge in [0.1, 0.15) is 0 Å². The molecule has 8 heteroatoms. The van der Waals surface area contributed by atoms with Gasteiger partial charge in [0.05, 0.1) is 11.4 Å². The minimum Gasteiger partial charge on any atom is -0.276 e. The Morgan fingerprint density at radius 3 is 2.44 bits per heavy atom. The molecule has 1 fully saturated rings. The van der Waals surface area contributed by atoms with Crippen molar-refractivity contribution in [3.63, 3.8) is 0 Å². The van der Waals surface area contributed by atoms with Crippen LogP contribution >= 0.6 is 38.5 Å². The zero-order valence-corrected chi connectivity index (χ0v) is 16.4. The van der Waals surface area contributed by atoms with Crippen LogP contribution in [0.25, 0.3) is 0 Å². The minimum atomic E-state index is -1.18. The van der Waals surface area contributed by atoms with Crippen molar-refractivity contribution in [3.8, 4) is 0 Å². The zero-order valence-electron chi connectivity index (χ0n) is 12.6. The Hall–Kier alpha value is -2.07. The normalized spacial score (nSPS) is 17.9. The van der Waals surface area contributed by atoms with Gasteiger partial charge in [-0.3, -0.25) is 19.9 Å². The fourth-order valence-corrected chi connectivity index (χ4v) is 3.01. The van der Waals surface area contributed by atoms with Crippen LogP contribution in [0.1, 0.15) is 0 Å². The Morgan fingerprint density at radius 1 is 1.08 bits per heavy atom. The lowest BCUT2D eigenvalue weighted by molar-refractivity contribution is -0.131. The molecule has 2 aromatic carbocycles. The summed E-state index contributed by atoms with van der Waals surface area (Å²) in [6, 6.07) is 13.3. The maximum absolute atomic E-state index is 12.7. The molecule has 0 aliphatic carbocycles. The van der Waals surface area contributed by atoms with E-state index in [-0.39, 0.29) is 0 Å². The lowest BCUT2D eigenvalue weighted by Crippen LogP contribution is -2.58. The third-order valence-corrected chi connectivity index (χ3v) is 4.89. The Labute approximate surface area is 165 Å². The van der Waals surface area contributed by atoms with Crippen LogP contribution in [-0.2, 0) is 9.59 Å². The van der Waals surface area contributed by atoms with Gasteiger partial charge < -0.3 is 0 Å². The molecule has 1 heterocycles. The van der Waals surface area contributed by atoms with Gasteiger partial charge in [0.25, 0.3) is 5.91 Å². The summed E-state index contributed by atoms with van der Waals surface area (Å²) in [5.41, 5.74) is 0.982. The molecule has 0 radical (unpaired) electrons. The lowest BCUT2D eigenvalue weighted by Gasteiger charge is -2.28. The number of nitrogens with zero attached hydrogens (tertiary/aromatic N) is 2. The molecule has 6 nitrogen and oxygen atoms in total. The highest BCUT2D eigenvalue weighted by Gasteiger charge is 2.40. The molecule has 1 aliphatic rings. The Bertz CT molecular complexity index is 883. The second kappa shape index (κ2) is 7.44. The van der Waals surface area contributed by atoms with E-state index in [0.717, 1.165) is 12.9 Å². The number of anilines is 1. The molecule has 0 spiro atoms. The second-order valence-corrected chi connectivity index (χ2v) is 7.25. The standard InChI is InChI=1S/C17H11BrIN3O3/c18-13-3-1-2-4-14(13)20-9-12-15(23)21-17(25)22(16(12)24)11-7-5-10(19)6-8-11/h1-9,12H,(H,21,23,25)/t12-/m0/s1. The first-order valence-electron chi connectivity index (χ1n) is 7.20. The van der Waals surface area contributed by atoms with Crippen molar-refractivity contribution < 1.29 is 14.4 Å². The predicted molar refractivity (Wildman–Crippen MR) is 106 cm³/mol. The van der Waals surface area contributed by atoms with Crippen LogP contribution in [-0.4, -0.2) is 24.1 Å². The van der Waals surface area contributed by atoms with Crippen LogP contribution < -0.4 is 10.2 Å². The molecule has 0 aromatic heterocycles. The summed E-state index contributed by atoms with van der Waals surface area (Å²) in [6.45, 7) is 0. The number of urea groups is 1. The van der Waals surface area contributed by atoms with E-state index in [1.807, 2.05) is 6.07 Å². The first kappa shape index (κ1) is 17.7. The number of para-hydroxylation sites is 1. The summed E-state index contributed by atoms with van der Waals surface area (Å²) in [4.78, 5) is 42.0. The first-order valence-corrected chi connectivity index (χ1v) is 9.07. The summed E-state index contributed by atoms with van der Waals surface area (Å²) in [6.07, 6.45) is 1.25. The van der Waals surface area contributed by atoms with Crippen LogP contribution in [0.5, 0.6) is 0 Å². The molecule has 126 valence electrons. The third-order valence-electron chi connectivity index (χ3n) is 3.50. The lowest BCUT2D eigenvalue weighted by atomic mass is 10.1. The molecule has 0 saturated carbocycles. The molecular weight excluding hydrogens is 501 g/mol. The fourth-order valence-electron chi connectivity index (χ4n) is 2.27. The van der Waals surface area contributed by atoms with Crippen LogP contribution in [0.4, 0.5) is 16.2 Å². The second-order valence-electron chi connectivity index (χ2n) is 5.15. The minimum absolute atomic E-state index is 0.398. The van der Waals surface area contributed by atoms with E-state index in [0.29, 0.717) is 11.4 Å². The number of carbonyl (C=O) groups excluding carboxylic acids is 3. The first-order chi connectivity index (χ1) is 12.0. The molecule has 0 bridgehead atoms. The van der Waals surface area contributed by atoms with Gasteiger partial charge in [-0.25, -0.2) is 9.69 Å². The average Bonchev–Trinajstić information content (AvgIpc) is 2.57. The summed E-state index contributed by atoms with van der Waals surface area (Å²) in [5.74, 6) is -2.50. The number of barbiturate groups is 1. The van der Waals surface area contributed by atoms with E-state index in [2.05, 4.69) is 48.8 Å². The van der Waals surface area contributed by atoms with Gasteiger partial charge in [0.2, 0.25) is 5.91 Å². The summed E-state index contributed by atoms with van der Waals surface area (Å²) >= 11 is 5.48. The maximum Gasteiger partial charge on any atom is 0.335 e.